The van der Waals surface area contributed by atoms with Crippen LogP contribution in [0, 0.1) is 0 Å². The van der Waals surface area contributed by atoms with Crippen LogP contribution in [0.1, 0.15) is 25.7 Å². The third kappa shape index (κ3) is 2.99. The Hall–Kier alpha value is -1.88. The highest BCUT2D eigenvalue weighted by Crippen LogP contribution is 2.24. The standard InChI is InChI=1S/C15H20N4O/c1-20-15-4-2-3-13(9-15)18-12-5-7-14(8-6-12)19-11-16-10-17-19/h5-8,10-11,13,15,18H,2-4,9H2,1H3. The number of aromatic nitrogens is 3. The van der Waals surface area contributed by atoms with Crippen LogP contribution in [-0.2, 0) is 4.74 Å². The van der Waals surface area contributed by atoms with Gasteiger partial charge in [-0.25, -0.2) is 9.67 Å². The molecular formula is C15H20N4O. The third-order valence-electron chi connectivity index (χ3n) is 3.88. The summed E-state index contributed by atoms with van der Waals surface area (Å²) < 4.78 is 7.22. The molecule has 1 heterocycles. The van der Waals surface area contributed by atoms with Crippen LogP contribution in [0.3, 0.4) is 0 Å². The Kier molecular flexibility index (Phi) is 3.97. The van der Waals surface area contributed by atoms with E-state index in [9.17, 15) is 0 Å². The second-order valence-electron chi connectivity index (χ2n) is 5.25. The van der Waals surface area contributed by atoms with Gasteiger partial charge in [0.2, 0.25) is 0 Å². The van der Waals surface area contributed by atoms with Crippen molar-refractivity contribution in [3.05, 3.63) is 36.9 Å². The number of benzene rings is 1. The fraction of sp³-hybridized carbons (Fsp3) is 0.467. The molecule has 0 spiro atoms. The van der Waals surface area contributed by atoms with E-state index in [0.717, 1.165) is 17.8 Å². The second kappa shape index (κ2) is 6.05. The van der Waals surface area contributed by atoms with Crippen molar-refractivity contribution in [3.8, 4) is 5.69 Å². The molecular weight excluding hydrogens is 252 g/mol. The highest BCUT2D eigenvalue weighted by Gasteiger charge is 2.21. The SMILES string of the molecule is COC1CCCC(Nc2ccc(-n3cncn3)cc2)C1. The van der Waals surface area contributed by atoms with E-state index in [0.29, 0.717) is 12.1 Å². The van der Waals surface area contributed by atoms with Crippen molar-refractivity contribution in [1.82, 2.24) is 14.8 Å². The van der Waals surface area contributed by atoms with E-state index in [-0.39, 0.29) is 0 Å². The molecule has 5 heteroatoms. The maximum Gasteiger partial charge on any atom is 0.138 e. The van der Waals surface area contributed by atoms with Gasteiger partial charge in [-0.05, 0) is 49.9 Å². The third-order valence-corrected chi connectivity index (χ3v) is 3.88. The molecule has 2 unspecified atom stereocenters. The highest BCUT2D eigenvalue weighted by atomic mass is 16.5. The molecule has 1 aromatic heterocycles. The van der Waals surface area contributed by atoms with Gasteiger partial charge in [-0.3, -0.25) is 0 Å². The Morgan fingerprint density at radius 2 is 2.10 bits per heavy atom. The normalized spacial score (nSPS) is 22.6. The summed E-state index contributed by atoms with van der Waals surface area (Å²) in [5, 5.41) is 7.71. The van der Waals surface area contributed by atoms with Gasteiger partial charge in [-0.2, -0.15) is 5.10 Å². The molecule has 2 aromatic rings. The zero-order chi connectivity index (χ0) is 13.8. The van der Waals surface area contributed by atoms with E-state index in [2.05, 4.69) is 27.5 Å². The number of hydrogen-bond acceptors (Lipinski definition) is 4. The largest absolute Gasteiger partial charge is 0.382 e. The second-order valence-corrected chi connectivity index (χ2v) is 5.25. The molecule has 1 saturated carbocycles. The van der Waals surface area contributed by atoms with Crippen LogP contribution < -0.4 is 5.32 Å². The van der Waals surface area contributed by atoms with Crippen molar-refractivity contribution >= 4 is 5.69 Å². The lowest BCUT2D eigenvalue weighted by molar-refractivity contribution is 0.0669. The Morgan fingerprint density at radius 1 is 1.25 bits per heavy atom. The van der Waals surface area contributed by atoms with Crippen molar-refractivity contribution in [2.45, 2.75) is 37.8 Å². The molecule has 0 aliphatic heterocycles. The number of ether oxygens (including phenoxy) is 1. The summed E-state index contributed by atoms with van der Waals surface area (Å²) in [5.41, 5.74) is 2.17. The molecule has 3 rings (SSSR count). The fourth-order valence-corrected chi connectivity index (χ4v) is 2.78. The monoisotopic (exact) mass is 272 g/mol. The topological polar surface area (TPSA) is 52.0 Å². The Morgan fingerprint density at radius 3 is 2.80 bits per heavy atom. The minimum absolute atomic E-state index is 0.399. The lowest BCUT2D eigenvalue weighted by atomic mass is 9.92. The first-order valence-corrected chi connectivity index (χ1v) is 7.09. The van der Waals surface area contributed by atoms with E-state index in [1.54, 1.807) is 24.4 Å². The number of nitrogens with one attached hydrogen (secondary N) is 1. The van der Waals surface area contributed by atoms with Gasteiger partial charge in [0, 0.05) is 18.8 Å². The number of hydrogen-bond donors (Lipinski definition) is 1. The smallest absolute Gasteiger partial charge is 0.138 e. The Balaban J connectivity index is 1.63. The molecule has 1 N–H and O–H groups in total. The molecule has 1 aliphatic carbocycles. The molecule has 5 nitrogen and oxygen atoms in total. The first-order chi connectivity index (χ1) is 9.85. The van der Waals surface area contributed by atoms with Gasteiger partial charge in [0.05, 0.1) is 11.8 Å². The van der Waals surface area contributed by atoms with Crippen LogP contribution >= 0.6 is 0 Å². The maximum absolute atomic E-state index is 5.47. The minimum Gasteiger partial charge on any atom is -0.382 e. The highest BCUT2D eigenvalue weighted by molar-refractivity contribution is 5.49. The summed E-state index contributed by atoms with van der Waals surface area (Å²) in [6, 6.07) is 8.79. The van der Waals surface area contributed by atoms with Crippen LogP contribution in [0.25, 0.3) is 5.69 Å². The van der Waals surface area contributed by atoms with Crippen molar-refractivity contribution < 1.29 is 4.74 Å². The van der Waals surface area contributed by atoms with E-state index in [1.807, 2.05) is 12.1 Å². The van der Waals surface area contributed by atoms with Crippen LogP contribution in [0.15, 0.2) is 36.9 Å². The van der Waals surface area contributed by atoms with Crippen molar-refractivity contribution in [1.29, 1.82) is 0 Å². The van der Waals surface area contributed by atoms with Gasteiger partial charge in [-0.15, -0.1) is 0 Å². The van der Waals surface area contributed by atoms with Crippen molar-refractivity contribution in [2.75, 3.05) is 12.4 Å². The summed E-state index contributed by atoms with van der Waals surface area (Å²) >= 11 is 0. The zero-order valence-corrected chi connectivity index (χ0v) is 11.7. The molecule has 0 amide bonds. The van der Waals surface area contributed by atoms with Crippen LogP contribution in [0.5, 0.6) is 0 Å². The Labute approximate surface area is 119 Å². The van der Waals surface area contributed by atoms with E-state index < -0.39 is 0 Å². The zero-order valence-electron chi connectivity index (χ0n) is 11.7. The number of methoxy groups -OCH3 is 1. The minimum atomic E-state index is 0.399. The molecule has 0 radical (unpaired) electrons. The van der Waals surface area contributed by atoms with Gasteiger partial charge >= 0.3 is 0 Å². The first-order valence-electron chi connectivity index (χ1n) is 7.09. The fourth-order valence-electron chi connectivity index (χ4n) is 2.78. The molecule has 0 saturated heterocycles. The van der Waals surface area contributed by atoms with Gasteiger partial charge < -0.3 is 10.1 Å². The summed E-state index contributed by atoms with van der Waals surface area (Å²) in [5.74, 6) is 0. The van der Waals surface area contributed by atoms with Crippen molar-refractivity contribution in [3.63, 3.8) is 0 Å². The summed E-state index contributed by atoms with van der Waals surface area (Å²) in [7, 11) is 1.81. The first kappa shape index (κ1) is 13.1. The van der Waals surface area contributed by atoms with Gasteiger partial charge in [0.25, 0.3) is 0 Å². The molecule has 1 aliphatic rings. The molecule has 2 atom stereocenters. The molecule has 20 heavy (non-hydrogen) atoms. The molecule has 106 valence electrons. The quantitative estimate of drug-likeness (QED) is 0.929. The van der Waals surface area contributed by atoms with Crippen LogP contribution in [0.2, 0.25) is 0 Å². The molecule has 0 bridgehead atoms. The lowest BCUT2D eigenvalue weighted by Crippen LogP contribution is -2.30. The average molecular weight is 272 g/mol. The number of rotatable bonds is 4. The molecule has 1 aromatic carbocycles. The van der Waals surface area contributed by atoms with Gasteiger partial charge in [0.15, 0.2) is 0 Å². The predicted octanol–water partition coefficient (Wildman–Crippen LogP) is 2.64. The molecule has 1 fully saturated rings. The summed E-state index contributed by atoms with van der Waals surface area (Å²) in [6.07, 6.45) is 8.35. The Bertz CT molecular complexity index is 523. The van der Waals surface area contributed by atoms with E-state index in [4.69, 9.17) is 4.74 Å². The number of nitrogens with zero attached hydrogens (tertiary/aromatic N) is 3. The van der Waals surface area contributed by atoms with E-state index in [1.165, 1.54) is 19.3 Å². The van der Waals surface area contributed by atoms with Crippen molar-refractivity contribution in [2.24, 2.45) is 0 Å². The lowest BCUT2D eigenvalue weighted by Gasteiger charge is -2.29. The van der Waals surface area contributed by atoms with E-state index >= 15 is 0 Å². The maximum atomic E-state index is 5.47. The van der Waals surface area contributed by atoms with Gasteiger partial charge in [-0.1, -0.05) is 0 Å². The van der Waals surface area contributed by atoms with Gasteiger partial charge in [0.1, 0.15) is 12.7 Å². The average Bonchev–Trinajstić information content (AvgIpc) is 3.02. The van der Waals surface area contributed by atoms with Crippen LogP contribution in [-0.4, -0.2) is 34.0 Å². The predicted molar refractivity (Wildman–Crippen MR) is 78.0 cm³/mol. The summed E-state index contributed by atoms with van der Waals surface area (Å²) in [4.78, 5) is 3.95. The number of anilines is 1. The summed E-state index contributed by atoms with van der Waals surface area (Å²) in [6.45, 7) is 0. The van der Waals surface area contributed by atoms with Crippen LogP contribution in [0.4, 0.5) is 5.69 Å².